The molecule has 0 aromatic heterocycles. The van der Waals surface area contributed by atoms with Gasteiger partial charge in [-0.25, -0.2) is 0 Å². The average molecular weight is 327 g/mol. The number of nitrogens with two attached hydrogens (primary N) is 1. The molecule has 1 saturated heterocycles. The Labute approximate surface area is 123 Å². The molecule has 3 N–H and O–H groups in total. The number of nitrogens with zero attached hydrogens (tertiary/aromatic N) is 1. The molecule has 0 saturated carbocycles. The van der Waals surface area contributed by atoms with Gasteiger partial charge in [-0.15, -0.1) is 0 Å². The Kier molecular flexibility index (Phi) is 5.01. The summed E-state index contributed by atoms with van der Waals surface area (Å²) < 4.78 is 1.11. The van der Waals surface area contributed by atoms with Crippen molar-refractivity contribution in [2.75, 3.05) is 13.1 Å². The van der Waals surface area contributed by atoms with Crippen LogP contribution >= 0.6 is 15.9 Å². The highest BCUT2D eigenvalue weighted by Crippen LogP contribution is 2.32. The van der Waals surface area contributed by atoms with Crippen LogP contribution in [0.4, 0.5) is 0 Å². The van der Waals surface area contributed by atoms with Crippen LogP contribution in [-0.4, -0.2) is 35.2 Å². The third kappa shape index (κ3) is 3.37. The van der Waals surface area contributed by atoms with Crippen molar-refractivity contribution in [3.05, 3.63) is 34.3 Å². The van der Waals surface area contributed by atoms with Crippen molar-refractivity contribution in [3.8, 4) is 0 Å². The lowest BCUT2D eigenvalue weighted by molar-refractivity contribution is 0.0124. The van der Waals surface area contributed by atoms with Crippen LogP contribution in [0.1, 0.15) is 31.9 Å². The van der Waals surface area contributed by atoms with E-state index in [9.17, 15) is 5.11 Å². The summed E-state index contributed by atoms with van der Waals surface area (Å²) in [7, 11) is 0. The fraction of sp³-hybridized carbons (Fsp3) is 0.600. The van der Waals surface area contributed by atoms with E-state index >= 15 is 0 Å². The molecule has 1 aliphatic rings. The lowest BCUT2D eigenvalue weighted by Crippen LogP contribution is -2.48. The number of piperidine rings is 1. The predicted molar refractivity (Wildman–Crippen MR) is 81.9 cm³/mol. The van der Waals surface area contributed by atoms with Crippen LogP contribution in [0.3, 0.4) is 0 Å². The standard InChI is InChI=1S/C15H23BrN2O/c1-10-9-18(8-7-14(10)19)15(11(2)17)12-5-3-4-6-13(12)16/h3-6,10-11,14-15,19H,7-9,17H2,1-2H3. The van der Waals surface area contributed by atoms with Crippen LogP contribution in [0, 0.1) is 5.92 Å². The van der Waals surface area contributed by atoms with Gasteiger partial charge < -0.3 is 10.8 Å². The van der Waals surface area contributed by atoms with Gasteiger partial charge in [-0.3, -0.25) is 4.90 Å². The summed E-state index contributed by atoms with van der Waals surface area (Å²) >= 11 is 3.63. The molecule has 19 heavy (non-hydrogen) atoms. The van der Waals surface area contributed by atoms with Gasteiger partial charge in [0.2, 0.25) is 0 Å². The largest absolute Gasteiger partial charge is 0.393 e. The number of hydrogen-bond acceptors (Lipinski definition) is 3. The first kappa shape index (κ1) is 15.0. The second-order valence-electron chi connectivity index (χ2n) is 5.65. The quantitative estimate of drug-likeness (QED) is 0.897. The van der Waals surface area contributed by atoms with E-state index in [0.717, 1.165) is 24.0 Å². The maximum atomic E-state index is 9.87. The number of halogens is 1. The molecule has 0 bridgehead atoms. The number of likely N-dealkylation sites (tertiary alicyclic amines) is 1. The molecule has 4 atom stereocenters. The summed E-state index contributed by atoms with van der Waals surface area (Å²) in [5.74, 6) is 0.303. The Morgan fingerprint density at radius 3 is 2.68 bits per heavy atom. The minimum Gasteiger partial charge on any atom is -0.393 e. The molecule has 1 aromatic carbocycles. The summed E-state index contributed by atoms with van der Waals surface area (Å²) in [5, 5.41) is 9.87. The monoisotopic (exact) mass is 326 g/mol. The summed E-state index contributed by atoms with van der Waals surface area (Å²) in [4.78, 5) is 2.40. The molecule has 0 amide bonds. The summed E-state index contributed by atoms with van der Waals surface area (Å²) in [5.41, 5.74) is 7.46. The van der Waals surface area contributed by atoms with Crippen LogP contribution in [-0.2, 0) is 0 Å². The zero-order chi connectivity index (χ0) is 14.0. The van der Waals surface area contributed by atoms with Crippen LogP contribution in [0.15, 0.2) is 28.7 Å². The van der Waals surface area contributed by atoms with Gasteiger partial charge in [-0.2, -0.15) is 0 Å². The number of aliphatic hydroxyl groups excluding tert-OH is 1. The molecular formula is C15H23BrN2O. The molecule has 2 rings (SSSR count). The van der Waals surface area contributed by atoms with Crippen molar-refractivity contribution in [2.45, 2.75) is 38.5 Å². The van der Waals surface area contributed by atoms with Crippen LogP contribution < -0.4 is 5.73 Å². The molecule has 1 aliphatic heterocycles. The molecule has 106 valence electrons. The molecule has 0 aliphatic carbocycles. The number of hydrogen-bond donors (Lipinski definition) is 2. The number of aliphatic hydroxyl groups is 1. The van der Waals surface area contributed by atoms with E-state index in [4.69, 9.17) is 5.73 Å². The van der Waals surface area contributed by atoms with Crippen molar-refractivity contribution < 1.29 is 5.11 Å². The first-order chi connectivity index (χ1) is 9.00. The average Bonchev–Trinajstić information content (AvgIpc) is 2.36. The fourth-order valence-corrected chi connectivity index (χ4v) is 3.46. The van der Waals surface area contributed by atoms with E-state index in [1.54, 1.807) is 0 Å². The molecule has 1 aromatic rings. The molecule has 1 fully saturated rings. The lowest BCUT2D eigenvalue weighted by atomic mass is 9.91. The zero-order valence-electron chi connectivity index (χ0n) is 11.6. The van der Waals surface area contributed by atoms with Gasteiger partial charge in [-0.1, -0.05) is 41.1 Å². The van der Waals surface area contributed by atoms with Crippen molar-refractivity contribution in [1.82, 2.24) is 4.90 Å². The maximum Gasteiger partial charge on any atom is 0.0590 e. The van der Waals surface area contributed by atoms with E-state index in [2.05, 4.69) is 52.9 Å². The van der Waals surface area contributed by atoms with Crippen molar-refractivity contribution in [3.63, 3.8) is 0 Å². The van der Waals surface area contributed by atoms with Gasteiger partial charge >= 0.3 is 0 Å². The van der Waals surface area contributed by atoms with Crippen LogP contribution in [0.5, 0.6) is 0 Å². The zero-order valence-corrected chi connectivity index (χ0v) is 13.2. The Hall–Kier alpha value is -0.420. The van der Waals surface area contributed by atoms with Crippen molar-refractivity contribution >= 4 is 15.9 Å². The minimum absolute atomic E-state index is 0.0566. The van der Waals surface area contributed by atoms with Gasteiger partial charge in [0.1, 0.15) is 0 Å². The Balaban J connectivity index is 2.24. The third-order valence-corrected chi connectivity index (χ3v) is 4.73. The molecule has 4 heteroatoms. The van der Waals surface area contributed by atoms with Gasteiger partial charge in [0.15, 0.2) is 0 Å². The highest BCUT2D eigenvalue weighted by molar-refractivity contribution is 9.10. The SMILES string of the molecule is CC(N)C(c1ccccc1Br)N1CCC(O)C(C)C1. The molecule has 0 spiro atoms. The first-order valence-corrected chi connectivity index (χ1v) is 7.72. The van der Waals surface area contributed by atoms with Crippen molar-refractivity contribution in [1.29, 1.82) is 0 Å². The normalized spacial score (nSPS) is 28.1. The topological polar surface area (TPSA) is 49.5 Å². The molecular weight excluding hydrogens is 304 g/mol. The molecule has 4 unspecified atom stereocenters. The smallest absolute Gasteiger partial charge is 0.0590 e. The Bertz CT molecular complexity index is 424. The Morgan fingerprint density at radius 2 is 2.11 bits per heavy atom. The summed E-state index contributed by atoms with van der Waals surface area (Å²) in [6, 6.07) is 8.53. The second-order valence-corrected chi connectivity index (χ2v) is 6.51. The van der Waals surface area contributed by atoms with E-state index in [0.29, 0.717) is 5.92 Å². The van der Waals surface area contributed by atoms with E-state index < -0.39 is 0 Å². The van der Waals surface area contributed by atoms with Crippen molar-refractivity contribution in [2.24, 2.45) is 11.7 Å². The molecule has 0 radical (unpaired) electrons. The first-order valence-electron chi connectivity index (χ1n) is 6.93. The number of benzene rings is 1. The highest BCUT2D eigenvalue weighted by Gasteiger charge is 2.32. The highest BCUT2D eigenvalue weighted by atomic mass is 79.9. The summed E-state index contributed by atoms with van der Waals surface area (Å²) in [6.45, 7) is 5.96. The van der Waals surface area contributed by atoms with Crippen LogP contribution in [0.2, 0.25) is 0 Å². The van der Waals surface area contributed by atoms with E-state index in [1.807, 2.05) is 6.07 Å². The fourth-order valence-electron chi connectivity index (χ4n) is 2.95. The lowest BCUT2D eigenvalue weighted by Gasteiger charge is -2.41. The predicted octanol–water partition coefficient (Wildman–Crippen LogP) is 2.54. The maximum absolute atomic E-state index is 9.87. The summed E-state index contributed by atoms with van der Waals surface area (Å²) in [6.07, 6.45) is 0.652. The minimum atomic E-state index is -0.177. The number of rotatable bonds is 3. The molecule has 3 nitrogen and oxygen atoms in total. The van der Waals surface area contributed by atoms with Gasteiger partial charge in [-0.05, 0) is 30.9 Å². The van der Waals surface area contributed by atoms with Gasteiger partial charge in [0.05, 0.1) is 12.1 Å². The van der Waals surface area contributed by atoms with E-state index in [-0.39, 0.29) is 18.2 Å². The Morgan fingerprint density at radius 1 is 1.42 bits per heavy atom. The van der Waals surface area contributed by atoms with Gasteiger partial charge in [0, 0.05) is 23.6 Å². The van der Waals surface area contributed by atoms with Gasteiger partial charge in [0.25, 0.3) is 0 Å². The third-order valence-electron chi connectivity index (χ3n) is 4.01. The second kappa shape index (κ2) is 6.35. The van der Waals surface area contributed by atoms with E-state index in [1.165, 1.54) is 5.56 Å². The molecule has 1 heterocycles. The van der Waals surface area contributed by atoms with Crippen LogP contribution in [0.25, 0.3) is 0 Å².